The summed E-state index contributed by atoms with van der Waals surface area (Å²) in [6, 6.07) is 23.2. The van der Waals surface area contributed by atoms with Gasteiger partial charge in [-0.2, -0.15) is 0 Å². The van der Waals surface area contributed by atoms with E-state index in [0.717, 1.165) is 58.4 Å². The van der Waals surface area contributed by atoms with E-state index in [1.54, 1.807) is 47.0 Å². The fourth-order valence-corrected chi connectivity index (χ4v) is 6.92. The van der Waals surface area contributed by atoms with Crippen LogP contribution in [0.3, 0.4) is 0 Å². The first-order valence-electron chi connectivity index (χ1n) is 14.3. The number of hydrogen-bond donors (Lipinski definition) is 0. The number of allylic oxidation sites excluding steroid dienone is 1. The lowest BCUT2D eigenvalue weighted by molar-refractivity contribution is -0.394. The molecule has 2 aliphatic rings. The summed E-state index contributed by atoms with van der Waals surface area (Å²) in [6.07, 6.45) is 2.93. The number of benzene rings is 4. The molecule has 5 aromatic rings. The second-order valence-electron chi connectivity index (χ2n) is 10.8. The maximum atomic E-state index is 14.2. The van der Waals surface area contributed by atoms with Crippen LogP contribution in [0.2, 0.25) is 0 Å². The summed E-state index contributed by atoms with van der Waals surface area (Å²) in [7, 11) is 0. The minimum absolute atomic E-state index is 0.0913. The molecule has 1 atom stereocenters. The van der Waals surface area contributed by atoms with Crippen LogP contribution in [0, 0.1) is 30.3 Å². The van der Waals surface area contributed by atoms with Crippen molar-refractivity contribution in [3.63, 3.8) is 0 Å². The summed E-state index contributed by atoms with van der Waals surface area (Å²) < 4.78 is 7.75. The van der Waals surface area contributed by atoms with E-state index in [9.17, 15) is 35.1 Å². The first kappa shape index (κ1) is 29.4. The lowest BCUT2D eigenvalue weighted by Crippen LogP contribution is -2.38. The third-order valence-corrected chi connectivity index (χ3v) is 9.03. The summed E-state index contributed by atoms with van der Waals surface area (Å²) >= 11 is 1.15. The zero-order chi connectivity index (χ0) is 32.8. The quantitative estimate of drug-likeness (QED) is 0.157. The Balaban J connectivity index is 1.39. The van der Waals surface area contributed by atoms with Crippen molar-refractivity contribution in [1.29, 1.82) is 0 Å². The van der Waals surface area contributed by atoms with E-state index in [1.165, 1.54) is 12.1 Å². The number of non-ortho nitro benzene ring substituents is 2. The number of para-hydroxylation sites is 1. The number of aryl methyl sites for hydroxylation is 1. The molecule has 1 aromatic heterocycles. The Bertz CT molecular complexity index is 2380. The van der Waals surface area contributed by atoms with Crippen molar-refractivity contribution < 1.29 is 19.5 Å². The summed E-state index contributed by atoms with van der Waals surface area (Å²) in [6.45, 7) is 0. The van der Waals surface area contributed by atoms with E-state index in [4.69, 9.17) is 9.73 Å². The van der Waals surface area contributed by atoms with Gasteiger partial charge in [0.1, 0.15) is 5.75 Å². The van der Waals surface area contributed by atoms with Crippen molar-refractivity contribution in [1.82, 2.24) is 4.57 Å². The molecule has 0 unspecified atom stereocenters. The number of nitro benzene ring substituents is 3. The third-order valence-electron chi connectivity index (χ3n) is 8.05. The minimum atomic E-state index is -0.767. The van der Waals surface area contributed by atoms with Crippen molar-refractivity contribution in [2.45, 2.75) is 18.9 Å². The highest BCUT2D eigenvalue weighted by molar-refractivity contribution is 7.07. The van der Waals surface area contributed by atoms with Crippen LogP contribution in [0.25, 0.3) is 11.8 Å². The van der Waals surface area contributed by atoms with Gasteiger partial charge in [-0.15, -0.1) is 0 Å². The van der Waals surface area contributed by atoms with Crippen LogP contribution in [0.4, 0.5) is 17.1 Å². The molecule has 13 nitrogen and oxygen atoms in total. The van der Waals surface area contributed by atoms with Gasteiger partial charge in [0, 0.05) is 29.3 Å². The molecule has 0 saturated carbocycles. The van der Waals surface area contributed by atoms with Crippen LogP contribution < -0.4 is 19.6 Å². The molecule has 2 heterocycles. The minimum Gasteiger partial charge on any atom is -0.449 e. The maximum Gasteiger partial charge on any atom is 0.318 e. The van der Waals surface area contributed by atoms with Gasteiger partial charge in [-0.05, 0) is 47.8 Å². The summed E-state index contributed by atoms with van der Waals surface area (Å²) in [4.78, 5) is 52.2. The third kappa shape index (κ3) is 5.25. The first-order chi connectivity index (χ1) is 22.7. The van der Waals surface area contributed by atoms with Crippen molar-refractivity contribution in [2.24, 2.45) is 4.99 Å². The molecule has 0 bridgehead atoms. The molecule has 1 aliphatic heterocycles. The zero-order valence-electron chi connectivity index (χ0n) is 24.1. The van der Waals surface area contributed by atoms with Crippen LogP contribution in [-0.2, 0) is 6.42 Å². The Kier molecular flexibility index (Phi) is 7.25. The van der Waals surface area contributed by atoms with E-state index in [1.807, 2.05) is 24.3 Å². The number of ether oxygens (including phenoxy) is 1. The number of nitrogens with zero attached hydrogens (tertiary/aromatic N) is 5. The van der Waals surface area contributed by atoms with Gasteiger partial charge in [-0.3, -0.25) is 39.7 Å². The Labute approximate surface area is 268 Å². The lowest BCUT2D eigenvalue weighted by Gasteiger charge is -2.30. The van der Waals surface area contributed by atoms with Gasteiger partial charge in [0.25, 0.3) is 16.9 Å². The van der Waals surface area contributed by atoms with Gasteiger partial charge in [0.15, 0.2) is 4.80 Å². The van der Waals surface area contributed by atoms with Crippen molar-refractivity contribution in [3.05, 3.63) is 169 Å². The standard InChI is InChI=1S/C33H21N5O8S/c39-32-29(17-20-7-2-4-11-27(20)46-28-15-13-23(37(42)43)18-26(28)38(44)45)47-33-34-30-24-10-3-1-6-19(24)12-14-25(30)31(35(32)33)21-8-5-9-22(16-21)36(40)41/h1-11,13,15-18,31H,12,14H2/b29-17-/t31-/m0/s1. The molecule has 0 spiro atoms. The normalized spacial score (nSPS) is 15.2. The van der Waals surface area contributed by atoms with Gasteiger partial charge in [-0.1, -0.05) is 65.9 Å². The van der Waals surface area contributed by atoms with E-state index in [0.29, 0.717) is 26.9 Å². The Hall–Kier alpha value is -6.28. The second-order valence-corrected chi connectivity index (χ2v) is 11.8. The monoisotopic (exact) mass is 647 g/mol. The van der Waals surface area contributed by atoms with E-state index in [-0.39, 0.29) is 22.7 Å². The molecule has 1 aliphatic carbocycles. The molecule has 0 saturated heterocycles. The molecule has 0 fully saturated rings. The van der Waals surface area contributed by atoms with Gasteiger partial charge in [0.05, 0.1) is 37.1 Å². The average Bonchev–Trinajstić information content (AvgIpc) is 3.38. The first-order valence-corrected chi connectivity index (χ1v) is 15.1. The number of fused-ring (bicyclic) bond motifs is 3. The lowest BCUT2D eigenvalue weighted by atomic mass is 9.83. The number of rotatable bonds is 7. The Morgan fingerprint density at radius 3 is 2.34 bits per heavy atom. The zero-order valence-corrected chi connectivity index (χ0v) is 25.0. The fraction of sp³-hybridized carbons (Fsp3) is 0.0909. The van der Waals surface area contributed by atoms with Crippen molar-refractivity contribution >= 4 is 40.2 Å². The number of hydrogen-bond acceptors (Lipinski definition) is 10. The SMILES string of the molecule is O=c1/c(=C/c2ccccc2Oc2ccc([N+](=O)[O-])cc2[N+](=O)[O-])sc2n1[C@@H](c1cccc([N+](=O)[O-])c1)C1=C(N=2)c2ccccc2CC1. The van der Waals surface area contributed by atoms with Gasteiger partial charge in [-0.25, -0.2) is 4.99 Å². The van der Waals surface area contributed by atoms with Crippen LogP contribution in [0.1, 0.15) is 34.7 Å². The predicted octanol–water partition coefficient (Wildman–Crippen LogP) is 5.84. The van der Waals surface area contributed by atoms with Gasteiger partial charge >= 0.3 is 5.69 Å². The largest absolute Gasteiger partial charge is 0.449 e. The van der Waals surface area contributed by atoms with Crippen LogP contribution in [0.5, 0.6) is 11.5 Å². The molecule has 4 aromatic carbocycles. The second kappa shape index (κ2) is 11.6. The molecule has 0 amide bonds. The fourth-order valence-electron chi connectivity index (χ4n) is 5.93. The molecule has 0 N–H and O–H groups in total. The summed E-state index contributed by atoms with van der Waals surface area (Å²) in [5.74, 6) is -0.0290. The molecular weight excluding hydrogens is 626 g/mol. The van der Waals surface area contributed by atoms with Crippen LogP contribution >= 0.6 is 11.3 Å². The number of aromatic nitrogens is 1. The molecule has 0 radical (unpaired) electrons. The van der Waals surface area contributed by atoms with E-state index in [2.05, 4.69) is 0 Å². The molecular formula is C33H21N5O8S. The van der Waals surface area contributed by atoms with Crippen LogP contribution in [-0.4, -0.2) is 19.3 Å². The summed E-state index contributed by atoms with van der Waals surface area (Å²) in [5.41, 5.74) is 3.21. The number of nitro groups is 3. The highest BCUT2D eigenvalue weighted by Crippen LogP contribution is 2.42. The van der Waals surface area contributed by atoms with Gasteiger partial charge in [0.2, 0.25) is 5.75 Å². The van der Waals surface area contributed by atoms with E-state index >= 15 is 0 Å². The molecule has 7 rings (SSSR count). The topological polar surface area (TPSA) is 173 Å². The number of thiazole rings is 1. The van der Waals surface area contributed by atoms with Crippen molar-refractivity contribution in [2.75, 3.05) is 0 Å². The predicted molar refractivity (Wildman–Crippen MR) is 172 cm³/mol. The van der Waals surface area contributed by atoms with E-state index < -0.39 is 32.2 Å². The highest BCUT2D eigenvalue weighted by Gasteiger charge is 2.33. The smallest absolute Gasteiger partial charge is 0.318 e. The highest BCUT2D eigenvalue weighted by atomic mass is 32.1. The van der Waals surface area contributed by atoms with Crippen LogP contribution in [0.15, 0.2) is 106 Å². The molecule has 14 heteroatoms. The maximum absolute atomic E-state index is 14.2. The summed E-state index contributed by atoms with van der Waals surface area (Å²) in [5, 5.41) is 34.6. The molecule has 47 heavy (non-hydrogen) atoms. The van der Waals surface area contributed by atoms with Crippen molar-refractivity contribution in [3.8, 4) is 11.5 Å². The Morgan fingerprint density at radius 2 is 1.55 bits per heavy atom. The average molecular weight is 648 g/mol. The Morgan fingerprint density at radius 1 is 0.809 bits per heavy atom. The van der Waals surface area contributed by atoms with Gasteiger partial charge < -0.3 is 4.74 Å². The molecule has 232 valence electrons.